The molecular weight excluding hydrogens is 504 g/mol. The van der Waals surface area contributed by atoms with Crippen molar-refractivity contribution in [1.82, 2.24) is 29.6 Å². The van der Waals surface area contributed by atoms with Gasteiger partial charge in [-0.15, -0.1) is 10.2 Å². The number of ether oxygens (including phenoxy) is 1. The van der Waals surface area contributed by atoms with Gasteiger partial charge in [0, 0.05) is 42.2 Å². The number of H-pyrrole nitrogens is 1. The number of hydrogen-bond acceptors (Lipinski definition) is 7. The van der Waals surface area contributed by atoms with E-state index in [0.29, 0.717) is 10.7 Å². The zero-order chi connectivity index (χ0) is 25.1. The van der Waals surface area contributed by atoms with Crippen LogP contribution in [-0.4, -0.2) is 48.5 Å². The molecule has 14 heteroatoms. The number of anilines is 1. The summed E-state index contributed by atoms with van der Waals surface area (Å²) in [5.41, 5.74) is 0.779. The van der Waals surface area contributed by atoms with Crippen molar-refractivity contribution in [3.8, 4) is 11.8 Å². The zero-order valence-electron chi connectivity index (χ0n) is 17.9. The Kier molecular flexibility index (Phi) is 6.73. The largest absolute Gasteiger partial charge is 0.419 e. The standard InChI is InChI=1S/C21H12ClF2N7O3S/c1-10-5-11(28-27-10)3-4-17-29-30-21(35-17)26-19(33)13-7-18(32)31(2)9-14(13)12-6-16(22)25-8-15(12)34-20(23)24/h5-7,9,20H,1-2H3,(H-,26,27,28,29,30,32,33)/p+1. The van der Waals surface area contributed by atoms with Gasteiger partial charge in [-0.2, -0.15) is 13.9 Å². The normalized spacial score (nSPS) is 12.5. The highest BCUT2D eigenvalue weighted by molar-refractivity contribution is 7.15. The molecule has 0 saturated carbocycles. The molecule has 3 aromatic rings. The molecule has 0 atom stereocenters. The summed E-state index contributed by atoms with van der Waals surface area (Å²) in [4.78, 5) is 25.3. The van der Waals surface area contributed by atoms with Gasteiger partial charge >= 0.3 is 17.7 Å². The number of aromatic amines is 1. The number of amides is 1. The van der Waals surface area contributed by atoms with E-state index in [-0.39, 0.29) is 27.0 Å². The molecule has 1 aliphatic rings. The van der Waals surface area contributed by atoms with Crippen LogP contribution in [0.4, 0.5) is 13.9 Å². The molecule has 0 saturated heterocycles. The third-order valence-electron chi connectivity index (χ3n) is 4.39. The van der Waals surface area contributed by atoms with Crippen LogP contribution < -0.4 is 15.5 Å². The minimum atomic E-state index is -3.18. The van der Waals surface area contributed by atoms with Crippen LogP contribution in [0.5, 0.6) is 0 Å². The molecule has 2 N–H and O–H groups in total. The van der Waals surface area contributed by atoms with Crippen LogP contribution in [0.15, 0.2) is 35.0 Å². The Morgan fingerprint density at radius 3 is 2.89 bits per heavy atom. The molecule has 1 amide bonds. The lowest BCUT2D eigenvalue weighted by atomic mass is 9.99. The lowest BCUT2D eigenvalue weighted by molar-refractivity contribution is -0.0892. The molecule has 0 aliphatic carbocycles. The number of rotatable bonds is 5. The summed E-state index contributed by atoms with van der Waals surface area (Å²) >= 11 is 6.92. The number of halogens is 3. The summed E-state index contributed by atoms with van der Waals surface area (Å²) in [6.07, 6.45) is 2.51. The third-order valence-corrected chi connectivity index (χ3v) is 5.34. The van der Waals surface area contributed by atoms with Crippen LogP contribution in [0.2, 0.25) is 0 Å². The Hall–Kier alpha value is -4.33. The highest BCUT2D eigenvalue weighted by atomic mass is 35.5. The van der Waals surface area contributed by atoms with Gasteiger partial charge in [-0.25, -0.2) is 0 Å². The van der Waals surface area contributed by atoms with Crippen LogP contribution in [0, 0.1) is 18.8 Å². The summed E-state index contributed by atoms with van der Waals surface area (Å²) in [5, 5.41) is 17.4. The van der Waals surface area contributed by atoms with E-state index < -0.39 is 23.8 Å². The molecule has 0 radical (unpaired) electrons. The second-order valence-corrected chi connectivity index (χ2v) is 8.28. The number of pyridine rings is 1. The number of carbonyl (C=O) groups is 1. The third kappa shape index (κ3) is 5.60. The van der Waals surface area contributed by atoms with Gasteiger partial charge in [0.2, 0.25) is 5.13 Å². The van der Waals surface area contributed by atoms with Gasteiger partial charge in [0.1, 0.15) is 5.69 Å². The molecule has 10 nitrogen and oxygen atoms in total. The number of nitrogens with zero attached hydrogens (tertiary/aromatic N) is 5. The Bertz CT molecular complexity index is 1600. The SMILES string of the molecule is Cc1cc(C#Cc2nnc(NC(=O)c3cc(=O)n(C)cc3C3=CC(Cl)=[N+]=C=C3OC(F)F)s2)n[nH]1. The van der Waals surface area contributed by atoms with Gasteiger partial charge < -0.3 is 9.30 Å². The van der Waals surface area contributed by atoms with E-state index in [1.54, 1.807) is 6.07 Å². The highest BCUT2D eigenvalue weighted by Crippen LogP contribution is 2.28. The molecular formula is C21H13ClF2N7O3S+. The predicted molar refractivity (Wildman–Crippen MR) is 125 cm³/mol. The fraction of sp³-hybridized carbons (Fsp3) is 0.143. The summed E-state index contributed by atoms with van der Waals surface area (Å²) in [7, 11) is 1.43. The molecule has 1 aliphatic heterocycles. The van der Waals surface area contributed by atoms with Crippen LogP contribution in [0.1, 0.15) is 32.3 Å². The van der Waals surface area contributed by atoms with Crippen molar-refractivity contribution >= 4 is 50.6 Å². The number of carbonyl (C=O) groups excluding carboxylic acids is 1. The van der Waals surface area contributed by atoms with Gasteiger partial charge in [-0.3, -0.25) is 20.0 Å². The van der Waals surface area contributed by atoms with E-state index >= 15 is 0 Å². The second-order valence-electron chi connectivity index (χ2n) is 6.91. The Morgan fingerprint density at radius 2 is 2.17 bits per heavy atom. The maximum atomic E-state index is 13.1. The van der Waals surface area contributed by atoms with E-state index in [1.165, 1.54) is 23.9 Å². The lowest BCUT2D eigenvalue weighted by Crippen LogP contribution is -2.23. The molecule has 176 valence electrons. The molecule has 0 unspecified atom stereocenters. The monoisotopic (exact) mass is 516 g/mol. The fourth-order valence-corrected chi connectivity index (χ4v) is 3.62. The Balaban J connectivity index is 1.64. The van der Waals surface area contributed by atoms with E-state index in [4.69, 9.17) is 11.6 Å². The second kappa shape index (κ2) is 9.89. The molecule has 0 fully saturated rings. The predicted octanol–water partition coefficient (Wildman–Crippen LogP) is 1.81. The minimum absolute atomic E-state index is 0.0100. The van der Waals surface area contributed by atoms with Crippen LogP contribution in [-0.2, 0) is 11.8 Å². The van der Waals surface area contributed by atoms with E-state index in [0.717, 1.165) is 23.1 Å². The molecule has 0 aromatic carbocycles. The molecule has 35 heavy (non-hydrogen) atoms. The molecule has 4 heterocycles. The number of alkyl halides is 2. The van der Waals surface area contributed by atoms with Crippen molar-refractivity contribution in [3.05, 3.63) is 68.0 Å². The lowest BCUT2D eigenvalue weighted by Gasteiger charge is -2.14. The van der Waals surface area contributed by atoms with Crippen molar-refractivity contribution in [1.29, 1.82) is 0 Å². The van der Waals surface area contributed by atoms with Gasteiger partial charge in [0.15, 0.2) is 5.01 Å². The molecule has 0 spiro atoms. The first kappa shape index (κ1) is 23.8. The average molecular weight is 517 g/mol. The summed E-state index contributed by atoms with van der Waals surface area (Å²) < 4.78 is 35.1. The highest BCUT2D eigenvalue weighted by Gasteiger charge is 2.27. The minimum Gasteiger partial charge on any atom is -0.419 e. The number of aromatic nitrogens is 5. The Morgan fingerprint density at radius 1 is 1.37 bits per heavy atom. The van der Waals surface area contributed by atoms with Crippen LogP contribution >= 0.6 is 22.9 Å². The summed E-state index contributed by atoms with van der Waals surface area (Å²) in [6.45, 7) is -1.34. The summed E-state index contributed by atoms with van der Waals surface area (Å²) in [6, 6.07) is 2.80. The zero-order valence-corrected chi connectivity index (χ0v) is 19.5. The van der Waals surface area contributed by atoms with Gasteiger partial charge in [0.05, 0.1) is 17.2 Å². The number of aryl methyl sites for hydroxylation is 2. The van der Waals surface area contributed by atoms with E-state index in [9.17, 15) is 18.4 Å². The topological polar surface area (TPSA) is 129 Å². The Labute approximate surface area is 204 Å². The van der Waals surface area contributed by atoms with Crippen molar-refractivity contribution < 1.29 is 18.3 Å². The first-order valence-electron chi connectivity index (χ1n) is 9.62. The van der Waals surface area contributed by atoms with Crippen molar-refractivity contribution in [3.63, 3.8) is 0 Å². The van der Waals surface area contributed by atoms with Crippen molar-refractivity contribution in [2.45, 2.75) is 13.5 Å². The maximum absolute atomic E-state index is 13.1. The number of hydrogen-bond donors (Lipinski definition) is 2. The smallest absolute Gasteiger partial charge is 0.410 e. The number of nitrogens with one attached hydrogen (secondary N) is 2. The first-order chi connectivity index (χ1) is 16.7. The number of allylic oxidation sites excluding steroid dienone is 2. The van der Waals surface area contributed by atoms with E-state index in [1.807, 2.05) is 6.92 Å². The fourth-order valence-electron chi connectivity index (χ4n) is 2.88. The van der Waals surface area contributed by atoms with Gasteiger partial charge in [-0.05, 0) is 29.5 Å². The molecule has 3 aromatic heterocycles. The van der Waals surface area contributed by atoms with Gasteiger partial charge in [-0.1, -0.05) is 11.3 Å². The maximum Gasteiger partial charge on any atom is 0.410 e. The van der Waals surface area contributed by atoms with E-state index in [2.05, 4.69) is 52.8 Å². The molecule has 0 bridgehead atoms. The van der Waals surface area contributed by atoms with Crippen LogP contribution in [0.3, 0.4) is 0 Å². The quantitative estimate of drug-likeness (QED) is 0.393. The first-order valence-corrected chi connectivity index (χ1v) is 10.8. The molecule has 4 rings (SSSR count). The van der Waals surface area contributed by atoms with Crippen molar-refractivity contribution in [2.75, 3.05) is 5.32 Å². The van der Waals surface area contributed by atoms with Crippen molar-refractivity contribution in [2.24, 2.45) is 7.05 Å². The van der Waals surface area contributed by atoms with Gasteiger partial charge in [0.25, 0.3) is 17.2 Å². The average Bonchev–Trinajstić information content (AvgIpc) is 3.43. The summed E-state index contributed by atoms with van der Waals surface area (Å²) in [5.74, 6) is 6.68. The van der Waals surface area contributed by atoms with Crippen LogP contribution in [0.25, 0.3) is 5.57 Å².